The summed E-state index contributed by atoms with van der Waals surface area (Å²) in [5, 5.41) is 3.42. The fraction of sp³-hybridized carbons (Fsp3) is 0.500. The average molecular weight is 279 g/mol. The van der Waals surface area contributed by atoms with E-state index in [-0.39, 0.29) is 5.82 Å². The van der Waals surface area contributed by atoms with Crippen molar-refractivity contribution < 1.29 is 4.39 Å². The van der Waals surface area contributed by atoms with E-state index in [4.69, 9.17) is 0 Å². The summed E-state index contributed by atoms with van der Waals surface area (Å²) >= 11 is 1.41. The second-order valence-corrected chi connectivity index (χ2v) is 5.79. The summed E-state index contributed by atoms with van der Waals surface area (Å²) < 4.78 is 18.7. The van der Waals surface area contributed by atoms with Crippen molar-refractivity contribution in [1.82, 2.24) is 14.8 Å². The molecule has 0 amide bonds. The Morgan fingerprint density at radius 3 is 2.95 bits per heavy atom. The van der Waals surface area contributed by atoms with Crippen molar-refractivity contribution in [3.8, 4) is 0 Å². The van der Waals surface area contributed by atoms with Crippen molar-refractivity contribution >= 4 is 21.6 Å². The maximum absolute atomic E-state index is 13.2. The zero-order valence-electron chi connectivity index (χ0n) is 11.0. The van der Waals surface area contributed by atoms with Crippen molar-refractivity contribution in [1.29, 1.82) is 0 Å². The predicted octanol–water partition coefficient (Wildman–Crippen LogP) is 3.14. The van der Waals surface area contributed by atoms with Gasteiger partial charge in [0, 0.05) is 30.9 Å². The lowest BCUT2D eigenvalue weighted by Crippen LogP contribution is -2.43. The minimum absolute atomic E-state index is 0.176. The maximum atomic E-state index is 13.2. The summed E-state index contributed by atoms with van der Waals surface area (Å²) in [6.07, 6.45) is 2.23. The van der Waals surface area contributed by atoms with Gasteiger partial charge in [-0.1, -0.05) is 6.92 Å². The molecular weight excluding hydrogens is 261 g/mol. The van der Waals surface area contributed by atoms with Gasteiger partial charge in [-0.15, -0.1) is 0 Å². The van der Waals surface area contributed by atoms with E-state index < -0.39 is 0 Å². The van der Waals surface area contributed by atoms with Gasteiger partial charge in [0.05, 0.1) is 10.4 Å². The first-order chi connectivity index (χ1) is 9.28. The van der Waals surface area contributed by atoms with Crippen LogP contribution in [0.5, 0.6) is 0 Å². The molecule has 1 aromatic carbocycles. The highest BCUT2D eigenvalue weighted by molar-refractivity contribution is 7.13. The SMILES string of the molecule is CCNN1CCC(c2nsc3cc(F)ccc23)CC1. The standard InChI is InChI=1S/C14H18FN3S/c1-2-16-18-7-5-10(6-8-18)14-12-4-3-11(15)9-13(12)19-17-14/h3-4,9-10,16H,2,5-8H2,1H3. The first kappa shape index (κ1) is 13.0. The van der Waals surface area contributed by atoms with Gasteiger partial charge >= 0.3 is 0 Å². The molecule has 3 rings (SSSR count). The lowest BCUT2D eigenvalue weighted by atomic mass is 9.92. The van der Waals surface area contributed by atoms with Gasteiger partial charge in [0.25, 0.3) is 0 Å². The number of rotatable bonds is 3. The normalized spacial score (nSPS) is 18.2. The van der Waals surface area contributed by atoms with Crippen LogP contribution in [0.2, 0.25) is 0 Å². The van der Waals surface area contributed by atoms with Gasteiger partial charge in [0.2, 0.25) is 0 Å². The molecule has 0 spiro atoms. The van der Waals surface area contributed by atoms with E-state index in [0.29, 0.717) is 5.92 Å². The predicted molar refractivity (Wildman–Crippen MR) is 76.8 cm³/mol. The van der Waals surface area contributed by atoms with Crippen LogP contribution in [0.1, 0.15) is 31.4 Å². The molecule has 2 heterocycles. The zero-order chi connectivity index (χ0) is 13.2. The molecular formula is C14H18FN3S. The summed E-state index contributed by atoms with van der Waals surface area (Å²) in [4.78, 5) is 0. The van der Waals surface area contributed by atoms with E-state index in [1.165, 1.54) is 17.6 Å². The molecule has 0 unspecified atom stereocenters. The molecule has 1 saturated heterocycles. The Balaban J connectivity index is 1.78. The average Bonchev–Trinajstić information content (AvgIpc) is 2.83. The summed E-state index contributed by atoms with van der Waals surface area (Å²) in [7, 11) is 0. The fourth-order valence-corrected chi connectivity index (χ4v) is 3.64. The molecule has 102 valence electrons. The highest BCUT2D eigenvalue weighted by Gasteiger charge is 2.23. The van der Waals surface area contributed by atoms with Crippen LogP contribution in [0.4, 0.5) is 4.39 Å². The number of nitrogens with zero attached hydrogens (tertiary/aromatic N) is 2. The topological polar surface area (TPSA) is 28.2 Å². The van der Waals surface area contributed by atoms with E-state index in [0.717, 1.165) is 48.3 Å². The highest BCUT2D eigenvalue weighted by Crippen LogP contribution is 2.34. The number of halogens is 1. The quantitative estimate of drug-likeness (QED) is 0.935. The third kappa shape index (κ3) is 2.63. The fourth-order valence-electron chi connectivity index (χ4n) is 2.76. The summed E-state index contributed by atoms with van der Waals surface area (Å²) in [5.41, 5.74) is 4.52. The Morgan fingerprint density at radius 2 is 2.21 bits per heavy atom. The van der Waals surface area contributed by atoms with Crippen molar-refractivity contribution in [2.75, 3.05) is 19.6 Å². The maximum Gasteiger partial charge on any atom is 0.124 e. The van der Waals surface area contributed by atoms with Crippen LogP contribution in [0.3, 0.4) is 0 Å². The second kappa shape index (κ2) is 5.53. The van der Waals surface area contributed by atoms with Crippen molar-refractivity contribution in [3.05, 3.63) is 29.7 Å². The summed E-state index contributed by atoms with van der Waals surface area (Å²) in [5.74, 6) is 0.332. The van der Waals surface area contributed by atoms with Gasteiger partial charge in [-0.2, -0.15) is 4.37 Å². The number of hydrogen-bond donors (Lipinski definition) is 1. The minimum atomic E-state index is -0.176. The van der Waals surface area contributed by atoms with E-state index in [9.17, 15) is 4.39 Å². The van der Waals surface area contributed by atoms with Crippen LogP contribution in [0.25, 0.3) is 10.1 Å². The molecule has 0 bridgehead atoms. The van der Waals surface area contributed by atoms with Gasteiger partial charge in [0.1, 0.15) is 5.82 Å². The molecule has 5 heteroatoms. The van der Waals surface area contributed by atoms with Crippen LogP contribution in [-0.4, -0.2) is 29.0 Å². The Bertz CT molecular complexity index is 561. The van der Waals surface area contributed by atoms with E-state index >= 15 is 0 Å². The Morgan fingerprint density at radius 1 is 1.42 bits per heavy atom. The van der Waals surface area contributed by atoms with Crippen molar-refractivity contribution in [3.63, 3.8) is 0 Å². The van der Waals surface area contributed by atoms with Crippen LogP contribution in [0.15, 0.2) is 18.2 Å². The van der Waals surface area contributed by atoms with Crippen LogP contribution >= 0.6 is 11.5 Å². The number of nitrogens with one attached hydrogen (secondary N) is 1. The number of hydrazine groups is 1. The van der Waals surface area contributed by atoms with Crippen LogP contribution in [-0.2, 0) is 0 Å². The van der Waals surface area contributed by atoms with Crippen LogP contribution in [0, 0.1) is 5.82 Å². The van der Waals surface area contributed by atoms with E-state index in [1.807, 2.05) is 6.07 Å². The molecule has 0 aliphatic carbocycles. The Labute approximate surface area is 116 Å². The van der Waals surface area contributed by atoms with Gasteiger partial charge in [-0.05, 0) is 42.6 Å². The Kier molecular flexibility index (Phi) is 3.77. The second-order valence-electron chi connectivity index (χ2n) is 4.98. The third-order valence-corrected chi connectivity index (χ3v) is 4.55. The lowest BCUT2D eigenvalue weighted by molar-refractivity contribution is 0.146. The molecule has 1 aliphatic rings. The molecule has 0 saturated carbocycles. The summed E-state index contributed by atoms with van der Waals surface area (Å²) in [6.45, 7) is 5.20. The zero-order valence-corrected chi connectivity index (χ0v) is 11.8. The van der Waals surface area contributed by atoms with Crippen molar-refractivity contribution in [2.45, 2.75) is 25.7 Å². The van der Waals surface area contributed by atoms with Gasteiger partial charge in [-0.25, -0.2) is 9.40 Å². The number of benzene rings is 1. The van der Waals surface area contributed by atoms with Gasteiger partial charge in [-0.3, -0.25) is 5.43 Å². The van der Waals surface area contributed by atoms with Gasteiger partial charge in [0.15, 0.2) is 0 Å². The molecule has 1 aromatic heterocycles. The number of aromatic nitrogens is 1. The molecule has 2 aromatic rings. The smallest absolute Gasteiger partial charge is 0.124 e. The number of piperidine rings is 1. The molecule has 1 aliphatic heterocycles. The molecule has 3 nitrogen and oxygen atoms in total. The Hall–Kier alpha value is -1.04. The van der Waals surface area contributed by atoms with Crippen molar-refractivity contribution in [2.24, 2.45) is 0 Å². The van der Waals surface area contributed by atoms with Crippen LogP contribution < -0.4 is 5.43 Å². The molecule has 1 fully saturated rings. The van der Waals surface area contributed by atoms with E-state index in [1.54, 1.807) is 6.07 Å². The van der Waals surface area contributed by atoms with Gasteiger partial charge < -0.3 is 0 Å². The monoisotopic (exact) mass is 279 g/mol. The largest absolute Gasteiger partial charge is 0.255 e. The number of hydrogen-bond acceptors (Lipinski definition) is 4. The minimum Gasteiger partial charge on any atom is -0.255 e. The first-order valence-corrected chi connectivity index (χ1v) is 7.58. The van der Waals surface area contributed by atoms with E-state index in [2.05, 4.69) is 21.7 Å². The highest BCUT2D eigenvalue weighted by atomic mass is 32.1. The molecule has 0 radical (unpaired) electrons. The molecule has 1 N–H and O–H groups in total. The molecule has 19 heavy (non-hydrogen) atoms. The number of fused-ring (bicyclic) bond motifs is 1. The lowest BCUT2D eigenvalue weighted by Gasteiger charge is -2.31. The summed E-state index contributed by atoms with van der Waals surface area (Å²) in [6, 6.07) is 5.00. The molecule has 0 atom stereocenters. The third-order valence-electron chi connectivity index (χ3n) is 3.73. The first-order valence-electron chi connectivity index (χ1n) is 6.81.